The van der Waals surface area contributed by atoms with E-state index in [1.807, 2.05) is 30.3 Å². The molecule has 2 atom stereocenters. The van der Waals surface area contributed by atoms with Crippen molar-refractivity contribution in [2.45, 2.75) is 50.7 Å². The van der Waals surface area contributed by atoms with E-state index in [-0.39, 0.29) is 0 Å². The number of nitrogens with one attached hydrogen (secondary N) is 1. The molecule has 1 aliphatic carbocycles. The Hall–Kier alpha value is -1.59. The van der Waals surface area contributed by atoms with Crippen LogP contribution in [0.4, 0.5) is 5.69 Å². The number of rotatable bonds is 6. The molecular formula is C17H27N3O2. The SMILES string of the molecule is CN(NC(=O)C(O)[C@H](N)CC1CCCCC1)c1ccccc1. The van der Waals surface area contributed by atoms with Crippen LogP contribution in [-0.4, -0.2) is 30.2 Å². The molecule has 0 bridgehead atoms. The first kappa shape index (κ1) is 16.8. The second kappa shape index (κ2) is 8.15. The minimum Gasteiger partial charge on any atom is -0.382 e. The lowest BCUT2D eigenvalue weighted by Crippen LogP contribution is -2.51. The fourth-order valence-electron chi connectivity index (χ4n) is 3.08. The van der Waals surface area contributed by atoms with Crippen LogP contribution in [0.15, 0.2) is 30.3 Å². The maximum absolute atomic E-state index is 12.1. The van der Waals surface area contributed by atoms with E-state index in [9.17, 15) is 9.90 Å². The Morgan fingerprint density at radius 1 is 1.32 bits per heavy atom. The molecule has 22 heavy (non-hydrogen) atoms. The van der Waals surface area contributed by atoms with Crippen LogP contribution in [0.2, 0.25) is 0 Å². The summed E-state index contributed by atoms with van der Waals surface area (Å²) in [5.74, 6) is 0.0905. The van der Waals surface area contributed by atoms with Gasteiger partial charge in [-0.1, -0.05) is 50.3 Å². The average molecular weight is 305 g/mol. The van der Waals surface area contributed by atoms with Gasteiger partial charge in [-0.3, -0.25) is 15.2 Å². The maximum atomic E-state index is 12.1. The maximum Gasteiger partial charge on any atom is 0.268 e. The summed E-state index contributed by atoms with van der Waals surface area (Å²) in [6.45, 7) is 0. The summed E-state index contributed by atoms with van der Waals surface area (Å²) in [6.07, 6.45) is 5.61. The third-order valence-corrected chi connectivity index (χ3v) is 4.43. The van der Waals surface area contributed by atoms with Gasteiger partial charge >= 0.3 is 0 Å². The monoisotopic (exact) mass is 305 g/mol. The quantitative estimate of drug-likeness (QED) is 0.700. The molecule has 1 unspecified atom stereocenters. The molecule has 1 amide bonds. The summed E-state index contributed by atoms with van der Waals surface area (Å²) in [4.78, 5) is 12.1. The minimum absolute atomic E-state index is 0.449. The van der Waals surface area contributed by atoms with E-state index in [0.717, 1.165) is 18.5 Å². The number of nitrogens with two attached hydrogens (primary N) is 1. The molecule has 0 radical (unpaired) electrons. The van der Waals surface area contributed by atoms with Crippen molar-refractivity contribution in [3.8, 4) is 0 Å². The second-order valence-corrected chi connectivity index (χ2v) is 6.22. The Kier molecular flexibility index (Phi) is 6.21. The number of aliphatic hydroxyl groups excluding tert-OH is 1. The Labute approximate surface area is 132 Å². The van der Waals surface area contributed by atoms with E-state index in [2.05, 4.69) is 5.43 Å². The highest BCUT2D eigenvalue weighted by Crippen LogP contribution is 2.27. The second-order valence-electron chi connectivity index (χ2n) is 6.22. The molecule has 0 spiro atoms. The lowest BCUT2D eigenvalue weighted by atomic mass is 9.84. The van der Waals surface area contributed by atoms with E-state index < -0.39 is 18.1 Å². The van der Waals surface area contributed by atoms with Crippen LogP contribution in [0, 0.1) is 5.92 Å². The summed E-state index contributed by atoms with van der Waals surface area (Å²) < 4.78 is 0. The molecule has 2 rings (SSSR count). The van der Waals surface area contributed by atoms with Gasteiger partial charge in [0.15, 0.2) is 0 Å². The Bertz CT molecular complexity index is 460. The van der Waals surface area contributed by atoms with E-state index in [0.29, 0.717) is 12.3 Å². The highest BCUT2D eigenvalue weighted by atomic mass is 16.3. The molecule has 5 nitrogen and oxygen atoms in total. The lowest BCUT2D eigenvalue weighted by molar-refractivity contribution is -0.130. The number of anilines is 1. The zero-order chi connectivity index (χ0) is 15.9. The number of carbonyl (C=O) groups is 1. The number of amides is 1. The number of hydrogen-bond donors (Lipinski definition) is 3. The molecule has 0 heterocycles. The highest BCUT2D eigenvalue weighted by molar-refractivity contribution is 5.82. The van der Waals surface area contributed by atoms with Crippen LogP contribution in [-0.2, 0) is 4.79 Å². The van der Waals surface area contributed by atoms with Crippen molar-refractivity contribution in [1.29, 1.82) is 0 Å². The number of para-hydroxylation sites is 1. The summed E-state index contributed by atoms with van der Waals surface area (Å²) in [5.41, 5.74) is 9.56. The van der Waals surface area contributed by atoms with E-state index in [1.54, 1.807) is 12.1 Å². The van der Waals surface area contributed by atoms with Crippen molar-refractivity contribution in [1.82, 2.24) is 5.43 Å². The number of nitrogens with zero attached hydrogens (tertiary/aromatic N) is 1. The van der Waals surface area contributed by atoms with Gasteiger partial charge in [0.1, 0.15) is 6.10 Å². The molecule has 0 aromatic heterocycles. The molecule has 122 valence electrons. The smallest absolute Gasteiger partial charge is 0.268 e. The van der Waals surface area contributed by atoms with Crippen LogP contribution in [0.1, 0.15) is 38.5 Å². The van der Waals surface area contributed by atoms with Crippen molar-refractivity contribution in [3.05, 3.63) is 30.3 Å². The first-order chi connectivity index (χ1) is 10.6. The summed E-state index contributed by atoms with van der Waals surface area (Å²) in [6, 6.07) is 8.95. The lowest BCUT2D eigenvalue weighted by Gasteiger charge is -2.28. The Balaban J connectivity index is 1.82. The predicted octanol–water partition coefficient (Wildman–Crippen LogP) is 1.81. The minimum atomic E-state index is -1.17. The van der Waals surface area contributed by atoms with Crippen LogP contribution in [0.25, 0.3) is 0 Å². The van der Waals surface area contributed by atoms with Crippen LogP contribution in [0.5, 0.6) is 0 Å². The van der Waals surface area contributed by atoms with Gasteiger partial charge in [-0.05, 0) is 24.5 Å². The van der Waals surface area contributed by atoms with Crippen LogP contribution in [0.3, 0.4) is 0 Å². The fraction of sp³-hybridized carbons (Fsp3) is 0.588. The van der Waals surface area contributed by atoms with Gasteiger partial charge in [0, 0.05) is 13.1 Å². The molecule has 1 aliphatic rings. The van der Waals surface area contributed by atoms with Crippen molar-refractivity contribution >= 4 is 11.6 Å². The topological polar surface area (TPSA) is 78.6 Å². The molecule has 0 saturated heterocycles. The van der Waals surface area contributed by atoms with Gasteiger partial charge in [0.05, 0.1) is 5.69 Å². The van der Waals surface area contributed by atoms with E-state index in [1.165, 1.54) is 19.3 Å². The van der Waals surface area contributed by atoms with Gasteiger partial charge < -0.3 is 10.8 Å². The fourth-order valence-corrected chi connectivity index (χ4v) is 3.08. The van der Waals surface area contributed by atoms with Gasteiger partial charge in [-0.25, -0.2) is 0 Å². The molecular weight excluding hydrogens is 278 g/mol. The summed E-state index contributed by atoms with van der Waals surface area (Å²) in [5, 5.41) is 11.7. The molecule has 0 aliphatic heterocycles. The van der Waals surface area contributed by atoms with Gasteiger partial charge in [-0.2, -0.15) is 0 Å². The number of benzene rings is 1. The zero-order valence-electron chi connectivity index (χ0n) is 13.2. The van der Waals surface area contributed by atoms with Crippen LogP contribution < -0.4 is 16.2 Å². The summed E-state index contributed by atoms with van der Waals surface area (Å²) in [7, 11) is 1.74. The number of hydrogen-bond acceptors (Lipinski definition) is 4. The zero-order valence-corrected chi connectivity index (χ0v) is 13.2. The van der Waals surface area contributed by atoms with E-state index in [4.69, 9.17) is 5.73 Å². The third-order valence-electron chi connectivity index (χ3n) is 4.43. The molecule has 1 aromatic rings. The largest absolute Gasteiger partial charge is 0.382 e. The van der Waals surface area contributed by atoms with Crippen molar-refractivity contribution in [3.63, 3.8) is 0 Å². The van der Waals surface area contributed by atoms with Gasteiger partial charge in [-0.15, -0.1) is 0 Å². The normalized spacial score (nSPS) is 18.5. The molecule has 1 saturated carbocycles. The molecule has 5 heteroatoms. The van der Waals surface area contributed by atoms with Crippen molar-refractivity contribution < 1.29 is 9.90 Å². The average Bonchev–Trinajstić information content (AvgIpc) is 2.55. The van der Waals surface area contributed by atoms with Crippen LogP contribution >= 0.6 is 0 Å². The molecule has 4 N–H and O–H groups in total. The van der Waals surface area contributed by atoms with Gasteiger partial charge in [0.2, 0.25) is 0 Å². The van der Waals surface area contributed by atoms with Crippen molar-refractivity contribution in [2.24, 2.45) is 11.7 Å². The van der Waals surface area contributed by atoms with Crippen molar-refractivity contribution in [2.75, 3.05) is 12.1 Å². The summed E-state index contributed by atoms with van der Waals surface area (Å²) >= 11 is 0. The Morgan fingerprint density at radius 3 is 2.59 bits per heavy atom. The molecule has 1 fully saturated rings. The first-order valence-corrected chi connectivity index (χ1v) is 8.11. The first-order valence-electron chi connectivity index (χ1n) is 8.11. The number of carbonyl (C=O) groups excluding carboxylic acids is 1. The van der Waals surface area contributed by atoms with Gasteiger partial charge in [0.25, 0.3) is 5.91 Å². The standard InChI is InChI=1S/C17H27N3O2/c1-20(14-10-6-3-7-11-14)19-17(22)16(21)15(18)12-13-8-4-2-5-9-13/h3,6-7,10-11,13,15-16,21H,2,4-5,8-9,12,18H2,1H3,(H,19,22)/t15-,16?/m1/s1. The highest BCUT2D eigenvalue weighted by Gasteiger charge is 2.27. The number of hydrazine groups is 1. The number of aliphatic hydroxyl groups is 1. The molecule has 1 aromatic carbocycles. The third kappa shape index (κ3) is 4.71. The predicted molar refractivity (Wildman–Crippen MR) is 88.2 cm³/mol. The Morgan fingerprint density at radius 2 is 1.95 bits per heavy atom. The van der Waals surface area contributed by atoms with E-state index >= 15 is 0 Å².